The fraction of sp³-hybridized carbons (Fsp3) is 0.167. The standard InChI is InChI=1S/C12H12FN3O2/c1-2-18-12(17)11-10(14)7-15-16(11)9-5-3-4-8(13)6-9/h3-7H,2,14H2,1H3. The molecule has 1 aromatic heterocycles. The minimum absolute atomic E-state index is 0.0995. The fourth-order valence-electron chi connectivity index (χ4n) is 1.57. The van der Waals surface area contributed by atoms with Gasteiger partial charge in [-0.05, 0) is 25.1 Å². The highest BCUT2D eigenvalue weighted by Gasteiger charge is 2.19. The first-order valence-electron chi connectivity index (χ1n) is 5.40. The summed E-state index contributed by atoms with van der Waals surface area (Å²) in [7, 11) is 0. The van der Waals surface area contributed by atoms with Gasteiger partial charge in [-0.1, -0.05) is 6.07 Å². The number of nitrogens with two attached hydrogens (primary N) is 1. The Hall–Kier alpha value is -2.37. The molecule has 1 aromatic carbocycles. The molecular weight excluding hydrogens is 237 g/mol. The quantitative estimate of drug-likeness (QED) is 0.841. The van der Waals surface area contributed by atoms with Gasteiger partial charge in [0.15, 0.2) is 5.69 Å². The van der Waals surface area contributed by atoms with Gasteiger partial charge < -0.3 is 10.5 Å². The van der Waals surface area contributed by atoms with Crippen LogP contribution in [-0.2, 0) is 4.74 Å². The lowest BCUT2D eigenvalue weighted by molar-refractivity contribution is 0.0517. The van der Waals surface area contributed by atoms with Gasteiger partial charge in [0.05, 0.1) is 24.2 Å². The molecule has 0 radical (unpaired) electrons. The van der Waals surface area contributed by atoms with Gasteiger partial charge in [0.25, 0.3) is 0 Å². The largest absolute Gasteiger partial charge is 0.461 e. The van der Waals surface area contributed by atoms with Crippen molar-refractivity contribution in [3.05, 3.63) is 42.0 Å². The van der Waals surface area contributed by atoms with E-state index in [0.29, 0.717) is 5.69 Å². The third-order valence-corrected chi connectivity index (χ3v) is 2.32. The van der Waals surface area contributed by atoms with Crippen molar-refractivity contribution in [3.8, 4) is 5.69 Å². The van der Waals surface area contributed by atoms with Crippen molar-refractivity contribution in [2.45, 2.75) is 6.92 Å². The summed E-state index contributed by atoms with van der Waals surface area (Å²) >= 11 is 0. The molecule has 5 nitrogen and oxygen atoms in total. The van der Waals surface area contributed by atoms with E-state index in [2.05, 4.69) is 5.10 Å². The number of benzene rings is 1. The van der Waals surface area contributed by atoms with E-state index in [1.54, 1.807) is 13.0 Å². The van der Waals surface area contributed by atoms with Crippen molar-refractivity contribution in [2.75, 3.05) is 12.3 Å². The number of esters is 1. The number of carbonyl (C=O) groups is 1. The van der Waals surface area contributed by atoms with Crippen LogP contribution in [0.1, 0.15) is 17.4 Å². The molecule has 0 unspecified atom stereocenters. The van der Waals surface area contributed by atoms with E-state index in [0.717, 1.165) is 0 Å². The molecule has 0 aliphatic carbocycles. The Labute approximate surface area is 103 Å². The number of hydrogen-bond donors (Lipinski definition) is 1. The Kier molecular flexibility index (Phi) is 3.27. The van der Waals surface area contributed by atoms with Crippen LogP contribution in [0.15, 0.2) is 30.5 Å². The molecule has 18 heavy (non-hydrogen) atoms. The molecule has 0 saturated heterocycles. The Balaban J connectivity index is 2.49. The van der Waals surface area contributed by atoms with Crippen molar-refractivity contribution in [1.82, 2.24) is 9.78 Å². The molecule has 0 fully saturated rings. The van der Waals surface area contributed by atoms with E-state index in [4.69, 9.17) is 10.5 Å². The zero-order valence-corrected chi connectivity index (χ0v) is 9.76. The first kappa shape index (κ1) is 12.1. The lowest BCUT2D eigenvalue weighted by Gasteiger charge is -2.07. The topological polar surface area (TPSA) is 70.1 Å². The van der Waals surface area contributed by atoms with Crippen molar-refractivity contribution in [3.63, 3.8) is 0 Å². The monoisotopic (exact) mass is 249 g/mol. The summed E-state index contributed by atoms with van der Waals surface area (Å²) in [5.74, 6) is -1.01. The molecule has 0 amide bonds. The van der Waals surface area contributed by atoms with E-state index >= 15 is 0 Å². The van der Waals surface area contributed by atoms with Gasteiger partial charge in [-0.3, -0.25) is 0 Å². The number of ether oxygens (including phenoxy) is 1. The van der Waals surface area contributed by atoms with Crippen LogP contribution in [0.2, 0.25) is 0 Å². The minimum atomic E-state index is -0.586. The van der Waals surface area contributed by atoms with Gasteiger partial charge >= 0.3 is 5.97 Å². The molecule has 0 bridgehead atoms. The van der Waals surface area contributed by atoms with E-state index in [-0.39, 0.29) is 18.0 Å². The molecule has 94 valence electrons. The van der Waals surface area contributed by atoms with Crippen molar-refractivity contribution in [2.24, 2.45) is 0 Å². The lowest BCUT2D eigenvalue weighted by Crippen LogP contribution is -2.13. The summed E-state index contributed by atoms with van der Waals surface area (Å²) < 4.78 is 19.3. The third-order valence-electron chi connectivity index (χ3n) is 2.32. The van der Waals surface area contributed by atoms with Gasteiger partial charge in [-0.25, -0.2) is 13.9 Å². The number of rotatable bonds is 3. The number of halogens is 1. The second kappa shape index (κ2) is 4.87. The summed E-state index contributed by atoms with van der Waals surface area (Å²) in [6, 6.07) is 5.71. The highest BCUT2D eigenvalue weighted by atomic mass is 19.1. The van der Waals surface area contributed by atoms with E-state index in [1.165, 1.54) is 29.1 Å². The molecule has 6 heteroatoms. The molecule has 0 atom stereocenters. The maximum atomic E-state index is 13.2. The van der Waals surface area contributed by atoms with Crippen molar-refractivity contribution < 1.29 is 13.9 Å². The summed E-state index contributed by atoms with van der Waals surface area (Å²) in [6.45, 7) is 1.92. The Bertz CT molecular complexity index is 580. The Morgan fingerprint density at radius 3 is 3.00 bits per heavy atom. The van der Waals surface area contributed by atoms with Crippen LogP contribution in [0.3, 0.4) is 0 Å². The minimum Gasteiger partial charge on any atom is -0.461 e. The smallest absolute Gasteiger partial charge is 0.359 e. The van der Waals surface area contributed by atoms with Crippen LogP contribution in [0, 0.1) is 5.82 Å². The number of aromatic nitrogens is 2. The Morgan fingerprint density at radius 2 is 2.33 bits per heavy atom. The number of carbonyl (C=O) groups excluding carboxylic acids is 1. The fourth-order valence-corrected chi connectivity index (χ4v) is 1.57. The lowest BCUT2D eigenvalue weighted by atomic mass is 10.3. The van der Waals surface area contributed by atoms with Crippen LogP contribution in [0.5, 0.6) is 0 Å². The summed E-state index contributed by atoms with van der Waals surface area (Å²) in [6.07, 6.45) is 1.33. The maximum absolute atomic E-state index is 13.2. The van der Waals surface area contributed by atoms with Crippen LogP contribution in [0.4, 0.5) is 10.1 Å². The second-order valence-electron chi connectivity index (χ2n) is 3.56. The average molecular weight is 249 g/mol. The predicted molar refractivity (Wildman–Crippen MR) is 63.9 cm³/mol. The van der Waals surface area contributed by atoms with Gasteiger partial charge in [0.2, 0.25) is 0 Å². The summed E-state index contributed by atoms with van der Waals surface area (Å²) in [5, 5.41) is 3.95. The van der Waals surface area contributed by atoms with Crippen LogP contribution >= 0.6 is 0 Å². The number of hydrogen-bond acceptors (Lipinski definition) is 4. The van der Waals surface area contributed by atoms with Gasteiger partial charge in [-0.2, -0.15) is 5.10 Å². The van der Waals surface area contributed by atoms with Gasteiger partial charge in [0.1, 0.15) is 5.82 Å². The highest BCUT2D eigenvalue weighted by Crippen LogP contribution is 2.18. The highest BCUT2D eigenvalue weighted by molar-refractivity contribution is 5.93. The van der Waals surface area contributed by atoms with Crippen molar-refractivity contribution >= 4 is 11.7 Å². The van der Waals surface area contributed by atoms with E-state index < -0.39 is 11.8 Å². The van der Waals surface area contributed by atoms with Crippen molar-refractivity contribution in [1.29, 1.82) is 0 Å². The molecule has 0 aliphatic rings. The van der Waals surface area contributed by atoms with Crippen LogP contribution in [0.25, 0.3) is 5.69 Å². The Morgan fingerprint density at radius 1 is 1.56 bits per heavy atom. The molecular formula is C12H12FN3O2. The molecule has 2 aromatic rings. The summed E-state index contributed by atoms with van der Waals surface area (Å²) in [5.41, 5.74) is 6.37. The summed E-state index contributed by atoms with van der Waals surface area (Å²) in [4.78, 5) is 11.7. The van der Waals surface area contributed by atoms with Gasteiger partial charge in [0, 0.05) is 0 Å². The van der Waals surface area contributed by atoms with Crippen LogP contribution < -0.4 is 5.73 Å². The zero-order chi connectivity index (χ0) is 13.1. The molecule has 1 heterocycles. The zero-order valence-electron chi connectivity index (χ0n) is 9.76. The van der Waals surface area contributed by atoms with E-state index in [9.17, 15) is 9.18 Å². The SMILES string of the molecule is CCOC(=O)c1c(N)cnn1-c1cccc(F)c1. The molecule has 2 N–H and O–H groups in total. The maximum Gasteiger partial charge on any atom is 0.359 e. The first-order valence-corrected chi connectivity index (χ1v) is 5.40. The van der Waals surface area contributed by atoms with Crippen LogP contribution in [-0.4, -0.2) is 22.4 Å². The number of nitrogens with zero attached hydrogens (tertiary/aromatic N) is 2. The molecule has 0 spiro atoms. The number of nitrogen functional groups attached to an aromatic ring is 1. The van der Waals surface area contributed by atoms with Gasteiger partial charge in [-0.15, -0.1) is 0 Å². The predicted octanol–water partition coefficient (Wildman–Crippen LogP) is 1.77. The molecule has 0 saturated carbocycles. The molecule has 2 rings (SSSR count). The average Bonchev–Trinajstić information content (AvgIpc) is 2.71. The van der Waals surface area contributed by atoms with E-state index in [1.807, 2.05) is 0 Å². The number of anilines is 1. The third kappa shape index (κ3) is 2.17. The molecule has 0 aliphatic heterocycles. The first-order chi connectivity index (χ1) is 8.63. The normalized spacial score (nSPS) is 10.3. The second-order valence-corrected chi connectivity index (χ2v) is 3.56.